The van der Waals surface area contributed by atoms with Crippen LogP contribution in [-0.4, -0.2) is 24.4 Å². The Bertz CT molecular complexity index is 377. The van der Waals surface area contributed by atoms with Gasteiger partial charge in [-0.15, -0.1) is 0 Å². The van der Waals surface area contributed by atoms with Crippen molar-refractivity contribution in [3.05, 3.63) is 29.6 Å². The molecule has 0 aliphatic rings. The molecule has 3 nitrogen and oxygen atoms in total. The van der Waals surface area contributed by atoms with Gasteiger partial charge in [-0.3, -0.25) is 0 Å². The third-order valence-corrected chi connectivity index (χ3v) is 2.66. The number of halogens is 1. The summed E-state index contributed by atoms with van der Waals surface area (Å²) in [6, 6.07) is 4.06. The summed E-state index contributed by atoms with van der Waals surface area (Å²) in [4.78, 5) is 0. The van der Waals surface area contributed by atoms with Gasteiger partial charge in [-0.1, -0.05) is 0 Å². The lowest BCUT2D eigenvalue weighted by Crippen LogP contribution is -2.33. The van der Waals surface area contributed by atoms with E-state index >= 15 is 0 Å². The first kappa shape index (κ1) is 13.9. The highest BCUT2D eigenvalue weighted by Crippen LogP contribution is 2.34. The third kappa shape index (κ3) is 3.17. The van der Waals surface area contributed by atoms with E-state index < -0.39 is 17.5 Å². The molecule has 0 radical (unpaired) electrons. The van der Waals surface area contributed by atoms with Crippen LogP contribution >= 0.6 is 0 Å². The maximum Gasteiger partial charge on any atom is 0.124 e. The zero-order valence-electron chi connectivity index (χ0n) is 10.7. The number of methoxy groups -OCH3 is 1. The Morgan fingerprint density at radius 2 is 2.06 bits per heavy atom. The van der Waals surface area contributed by atoms with Crippen molar-refractivity contribution in [3.63, 3.8) is 0 Å². The molecule has 0 bridgehead atoms. The van der Waals surface area contributed by atoms with Gasteiger partial charge in [0.2, 0.25) is 0 Å². The number of aliphatic hydroxyl groups is 1. The smallest absolute Gasteiger partial charge is 0.124 e. The molecule has 0 aromatic heterocycles. The SMILES string of the molecule is CCOC(C)(C)C(O)c1cc(F)ccc1OC. The Labute approximate surface area is 101 Å². The van der Waals surface area contributed by atoms with Crippen molar-refractivity contribution >= 4 is 0 Å². The fraction of sp³-hybridized carbons (Fsp3) is 0.538. The summed E-state index contributed by atoms with van der Waals surface area (Å²) < 4.78 is 23.8. The van der Waals surface area contributed by atoms with Crippen molar-refractivity contribution < 1.29 is 19.0 Å². The van der Waals surface area contributed by atoms with Crippen LogP contribution in [0.1, 0.15) is 32.4 Å². The molecule has 17 heavy (non-hydrogen) atoms. The second kappa shape index (κ2) is 5.47. The van der Waals surface area contributed by atoms with E-state index in [0.29, 0.717) is 17.9 Å². The van der Waals surface area contributed by atoms with Crippen molar-refractivity contribution in [2.24, 2.45) is 0 Å². The average Bonchev–Trinajstić information content (AvgIpc) is 2.28. The lowest BCUT2D eigenvalue weighted by Gasteiger charge is -2.31. The van der Waals surface area contributed by atoms with Crippen LogP contribution in [0.5, 0.6) is 5.75 Å². The molecular weight excluding hydrogens is 223 g/mol. The first-order chi connectivity index (χ1) is 7.92. The standard InChI is InChI=1S/C13H19FO3/c1-5-17-13(2,3)12(15)10-8-9(14)6-7-11(10)16-4/h6-8,12,15H,5H2,1-4H3. The normalized spacial score (nSPS) is 13.5. The molecule has 4 heteroatoms. The van der Waals surface area contributed by atoms with Gasteiger partial charge in [0, 0.05) is 12.2 Å². The second-order valence-electron chi connectivity index (χ2n) is 4.33. The van der Waals surface area contributed by atoms with Gasteiger partial charge in [0.05, 0.1) is 12.7 Å². The van der Waals surface area contributed by atoms with Crippen molar-refractivity contribution in [1.29, 1.82) is 0 Å². The van der Waals surface area contributed by atoms with Gasteiger partial charge in [-0.25, -0.2) is 4.39 Å². The van der Waals surface area contributed by atoms with E-state index in [2.05, 4.69) is 0 Å². The molecule has 0 heterocycles. The summed E-state index contributed by atoms with van der Waals surface area (Å²) >= 11 is 0. The first-order valence-electron chi connectivity index (χ1n) is 5.57. The lowest BCUT2D eigenvalue weighted by molar-refractivity contribution is -0.0990. The molecule has 0 saturated carbocycles. The molecule has 1 aromatic rings. The minimum Gasteiger partial charge on any atom is -0.496 e. The number of ether oxygens (including phenoxy) is 2. The van der Waals surface area contributed by atoms with Crippen molar-refractivity contribution in [2.75, 3.05) is 13.7 Å². The predicted octanol–water partition coefficient (Wildman–Crippen LogP) is 2.68. The second-order valence-corrected chi connectivity index (χ2v) is 4.33. The van der Waals surface area contributed by atoms with E-state index in [-0.39, 0.29) is 0 Å². The van der Waals surface area contributed by atoms with Gasteiger partial charge in [0.1, 0.15) is 17.7 Å². The fourth-order valence-corrected chi connectivity index (χ4v) is 1.74. The van der Waals surface area contributed by atoms with Crippen LogP contribution in [0.4, 0.5) is 4.39 Å². The molecule has 0 aliphatic heterocycles. The summed E-state index contributed by atoms with van der Waals surface area (Å²) in [7, 11) is 1.48. The highest BCUT2D eigenvalue weighted by atomic mass is 19.1. The van der Waals surface area contributed by atoms with E-state index in [1.54, 1.807) is 13.8 Å². The van der Waals surface area contributed by atoms with E-state index in [9.17, 15) is 9.50 Å². The van der Waals surface area contributed by atoms with Crippen LogP contribution in [0.3, 0.4) is 0 Å². The van der Waals surface area contributed by atoms with Gasteiger partial charge in [-0.05, 0) is 39.0 Å². The van der Waals surface area contributed by atoms with Crippen molar-refractivity contribution in [3.8, 4) is 5.75 Å². The van der Waals surface area contributed by atoms with E-state index in [0.717, 1.165) is 0 Å². The molecule has 1 N–H and O–H groups in total. The van der Waals surface area contributed by atoms with Gasteiger partial charge in [-0.2, -0.15) is 0 Å². The lowest BCUT2D eigenvalue weighted by atomic mass is 9.93. The minimum absolute atomic E-state index is 0.394. The van der Waals surface area contributed by atoms with Crippen LogP contribution in [0.2, 0.25) is 0 Å². The molecule has 1 unspecified atom stereocenters. The largest absolute Gasteiger partial charge is 0.496 e. The van der Waals surface area contributed by atoms with Crippen LogP contribution in [-0.2, 0) is 4.74 Å². The maximum atomic E-state index is 13.2. The molecule has 1 aromatic carbocycles. The maximum absolute atomic E-state index is 13.2. The quantitative estimate of drug-likeness (QED) is 0.862. The number of rotatable bonds is 5. The fourth-order valence-electron chi connectivity index (χ4n) is 1.74. The predicted molar refractivity (Wildman–Crippen MR) is 63.6 cm³/mol. The zero-order chi connectivity index (χ0) is 13.1. The molecule has 1 rings (SSSR count). The summed E-state index contributed by atoms with van der Waals surface area (Å²) in [5.41, 5.74) is -0.401. The molecule has 0 spiro atoms. The van der Waals surface area contributed by atoms with Crippen LogP contribution in [0.15, 0.2) is 18.2 Å². The van der Waals surface area contributed by atoms with E-state index in [4.69, 9.17) is 9.47 Å². The Morgan fingerprint density at radius 1 is 1.41 bits per heavy atom. The van der Waals surface area contributed by atoms with Gasteiger partial charge >= 0.3 is 0 Å². The molecular formula is C13H19FO3. The number of aliphatic hydroxyl groups excluding tert-OH is 1. The van der Waals surface area contributed by atoms with E-state index in [1.807, 2.05) is 6.92 Å². The van der Waals surface area contributed by atoms with Crippen LogP contribution in [0, 0.1) is 5.82 Å². The Kier molecular flexibility index (Phi) is 4.48. The van der Waals surface area contributed by atoms with Crippen LogP contribution < -0.4 is 4.74 Å². The first-order valence-corrected chi connectivity index (χ1v) is 5.57. The average molecular weight is 242 g/mol. The molecule has 0 saturated heterocycles. The van der Waals surface area contributed by atoms with Gasteiger partial charge in [0.25, 0.3) is 0 Å². The summed E-state index contributed by atoms with van der Waals surface area (Å²) in [6.45, 7) is 5.83. The minimum atomic E-state index is -0.951. The summed E-state index contributed by atoms with van der Waals surface area (Å²) in [6.07, 6.45) is -0.951. The summed E-state index contributed by atoms with van der Waals surface area (Å²) in [5.74, 6) is 0.0406. The highest BCUT2D eigenvalue weighted by Gasteiger charge is 2.32. The van der Waals surface area contributed by atoms with Crippen molar-refractivity contribution in [1.82, 2.24) is 0 Å². The van der Waals surface area contributed by atoms with Crippen LogP contribution in [0.25, 0.3) is 0 Å². The molecule has 0 aliphatic carbocycles. The summed E-state index contributed by atoms with van der Waals surface area (Å²) in [5, 5.41) is 10.2. The topological polar surface area (TPSA) is 38.7 Å². The third-order valence-electron chi connectivity index (χ3n) is 2.66. The highest BCUT2D eigenvalue weighted by molar-refractivity contribution is 5.36. The number of hydrogen-bond acceptors (Lipinski definition) is 3. The zero-order valence-corrected chi connectivity index (χ0v) is 10.7. The Hall–Kier alpha value is -1.13. The number of hydrogen-bond donors (Lipinski definition) is 1. The van der Waals surface area contributed by atoms with E-state index in [1.165, 1.54) is 25.3 Å². The Balaban J connectivity index is 3.09. The number of benzene rings is 1. The Morgan fingerprint density at radius 3 is 2.59 bits per heavy atom. The molecule has 1 atom stereocenters. The van der Waals surface area contributed by atoms with Gasteiger partial charge in [0.15, 0.2) is 0 Å². The van der Waals surface area contributed by atoms with Gasteiger partial charge < -0.3 is 14.6 Å². The van der Waals surface area contributed by atoms with Crippen molar-refractivity contribution in [2.45, 2.75) is 32.5 Å². The molecule has 96 valence electrons. The molecule has 0 fully saturated rings. The molecule has 0 amide bonds. The monoisotopic (exact) mass is 242 g/mol.